The van der Waals surface area contributed by atoms with E-state index in [1.807, 2.05) is 25.1 Å². The first-order valence-electron chi connectivity index (χ1n) is 7.58. The number of hydrogen-bond acceptors (Lipinski definition) is 3. The molecule has 5 nitrogen and oxygen atoms in total. The van der Waals surface area contributed by atoms with Crippen molar-refractivity contribution in [1.29, 1.82) is 0 Å². The zero-order valence-corrected chi connectivity index (χ0v) is 14.6. The Morgan fingerprint density at radius 3 is 2.68 bits per heavy atom. The SMILES string of the molecule is CN=C(NCc1cccc(C)n1)NCc1cc(Cl)ccc1OC(F)F. The zero-order valence-electron chi connectivity index (χ0n) is 13.9. The van der Waals surface area contributed by atoms with E-state index >= 15 is 0 Å². The Balaban J connectivity index is 1.97. The van der Waals surface area contributed by atoms with Gasteiger partial charge in [-0.3, -0.25) is 9.98 Å². The minimum absolute atomic E-state index is 0.0719. The molecule has 0 saturated carbocycles. The molecule has 2 rings (SSSR count). The molecule has 25 heavy (non-hydrogen) atoms. The molecule has 0 aliphatic carbocycles. The summed E-state index contributed by atoms with van der Waals surface area (Å²) in [6.07, 6.45) is 0. The Bertz CT molecular complexity index is 740. The second kappa shape index (κ2) is 9.17. The molecule has 0 bridgehead atoms. The average Bonchev–Trinajstić information content (AvgIpc) is 2.57. The molecule has 0 atom stereocenters. The highest BCUT2D eigenvalue weighted by Gasteiger charge is 2.11. The first-order chi connectivity index (χ1) is 12.0. The number of nitrogens with zero attached hydrogens (tertiary/aromatic N) is 2. The molecule has 8 heteroatoms. The summed E-state index contributed by atoms with van der Waals surface area (Å²) in [5.74, 6) is 0.578. The van der Waals surface area contributed by atoms with Gasteiger partial charge in [0.2, 0.25) is 0 Å². The quantitative estimate of drug-likeness (QED) is 0.605. The lowest BCUT2D eigenvalue weighted by molar-refractivity contribution is -0.0504. The predicted octanol–water partition coefficient (Wildman–Crippen LogP) is 3.51. The van der Waals surface area contributed by atoms with Crippen LogP contribution in [0.5, 0.6) is 5.75 Å². The van der Waals surface area contributed by atoms with Gasteiger partial charge in [0.05, 0.1) is 12.2 Å². The first kappa shape index (κ1) is 18.9. The fourth-order valence-corrected chi connectivity index (χ4v) is 2.36. The zero-order chi connectivity index (χ0) is 18.2. The van der Waals surface area contributed by atoms with Gasteiger partial charge in [-0.15, -0.1) is 0 Å². The van der Waals surface area contributed by atoms with Crippen LogP contribution >= 0.6 is 11.6 Å². The molecule has 2 aromatic rings. The van der Waals surface area contributed by atoms with Crippen LogP contribution in [0.3, 0.4) is 0 Å². The maximum absolute atomic E-state index is 12.5. The van der Waals surface area contributed by atoms with Gasteiger partial charge in [0.1, 0.15) is 5.75 Å². The van der Waals surface area contributed by atoms with Crippen LogP contribution in [0.1, 0.15) is 17.0 Å². The van der Waals surface area contributed by atoms with E-state index in [9.17, 15) is 8.78 Å². The average molecular weight is 369 g/mol. The van der Waals surface area contributed by atoms with Crippen LogP contribution in [0.25, 0.3) is 0 Å². The summed E-state index contributed by atoms with van der Waals surface area (Å²) in [4.78, 5) is 8.49. The molecule has 1 heterocycles. The summed E-state index contributed by atoms with van der Waals surface area (Å²) < 4.78 is 29.5. The van der Waals surface area contributed by atoms with Crippen molar-refractivity contribution in [3.05, 3.63) is 58.4 Å². The molecular formula is C17H19ClF2N4O. The molecular weight excluding hydrogens is 350 g/mol. The number of pyridine rings is 1. The third-order valence-electron chi connectivity index (χ3n) is 3.29. The van der Waals surface area contributed by atoms with Crippen LogP contribution in [-0.4, -0.2) is 24.6 Å². The van der Waals surface area contributed by atoms with Gasteiger partial charge < -0.3 is 15.4 Å². The lowest BCUT2D eigenvalue weighted by atomic mass is 10.2. The van der Waals surface area contributed by atoms with Crippen molar-refractivity contribution in [3.8, 4) is 5.75 Å². The molecule has 0 saturated heterocycles. The normalized spacial score (nSPS) is 11.5. The number of aryl methyl sites for hydroxylation is 1. The molecule has 0 aliphatic heterocycles. The van der Waals surface area contributed by atoms with Crippen LogP contribution in [-0.2, 0) is 13.1 Å². The maximum Gasteiger partial charge on any atom is 0.387 e. The number of aliphatic imine (C=N–C) groups is 1. The number of halogens is 3. The summed E-state index contributed by atoms with van der Waals surface area (Å²) in [5.41, 5.74) is 2.30. The second-order valence-corrected chi connectivity index (χ2v) is 5.62. The van der Waals surface area contributed by atoms with Crippen molar-refractivity contribution in [2.24, 2.45) is 4.99 Å². The van der Waals surface area contributed by atoms with E-state index in [4.69, 9.17) is 11.6 Å². The van der Waals surface area contributed by atoms with E-state index < -0.39 is 6.61 Å². The Labute approximate surface area is 150 Å². The molecule has 2 N–H and O–H groups in total. The van der Waals surface area contributed by atoms with E-state index in [0.29, 0.717) is 23.1 Å². The smallest absolute Gasteiger partial charge is 0.387 e. The van der Waals surface area contributed by atoms with Gasteiger partial charge in [-0.25, -0.2) is 0 Å². The molecule has 0 spiro atoms. The minimum atomic E-state index is -2.90. The van der Waals surface area contributed by atoms with Crippen molar-refractivity contribution in [3.63, 3.8) is 0 Å². The van der Waals surface area contributed by atoms with E-state index in [1.165, 1.54) is 12.1 Å². The number of alkyl halides is 2. The third kappa shape index (κ3) is 6.19. The first-order valence-corrected chi connectivity index (χ1v) is 7.96. The Kier molecular flexibility index (Phi) is 6.94. The van der Waals surface area contributed by atoms with Gasteiger partial charge in [-0.1, -0.05) is 17.7 Å². The Morgan fingerprint density at radius 2 is 2.00 bits per heavy atom. The van der Waals surface area contributed by atoms with Gasteiger partial charge in [0, 0.05) is 29.9 Å². The molecule has 0 radical (unpaired) electrons. The van der Waals surface area contributed by atoms with E-state index in [0.717, 1.165) is 11.4 Å². The van der Waals surface area contributed by atoms with Gasteiger partial charge in [0.25, 0.3) is 0 Å². The lowest BCUT2D eigenvalue weighted by Crippen LogP contribution is -2.36. The van der Waals surface area contributed by atoms with Gasteiger partial charge in [0.15, 0.2) is 5.96 Å². The number of hydrogen-bond donors (Lipinski definition) is 2. The van der Waals surface area contributed by atoms with E-state index in [-0.39, 0.29) is 12.3 Å². The van der Waals surface area contributed by atoms with Crippen LogP contribution in [0.4, 0.5) is 8.78 Å². The summed E-state index contributed by atoms with van der Waals surface area (Å²) in [6, 6.07) is 10.2. The standard InChI is InChI=1S/C17H19ClF2N4O/c1-11-4-3-5-14(24-11)10-23-17(21-2)22-9-12-8-13(18)6-7-15(12)25-16(19)20/h3-8,16H,9-10H2,1-2H3,(H2,21,22,23). The fourth-order valence-electron chi connectivity index (χ4n) is 2.17. The molecule has 0 aliphatic rings. The highest BCUT2D eigenvalue weighted by atomic mass is 35.5. The van der Waals surface area contributed by atoms with Crippen molar-refractivity contribution >= 4 is 17.6 Å². The van der Waals surface area contributed by atoms with Crippen LogP contribution in [0.2, 0.25) is 5.02 Å². The van der Waals surface area contributed by atoms with Gasteiger partial charge in [-0.05, 0) is 37.3 Å². The second-order valence-electron chi connectivity index (χ2n) is 5.18. The third-order valence-corrected chi connectivity index (χ3v) is 3.53. The van der Waals surface area contributed by atoms with Crippen LogP contribution < -0.4 is 15.4 Å². The topological polar surface area (TPSA) is 58.5 Å². The number of ether oxygens (including phenoxy) is 1. The summed E-state index contributed by atoms with van der Waals surface area (Å²) >= 11 is 5.93. The molecule has 0 amide bonds. The van der Waals surface area contributed by atoms with Crippen molar-refractivity contribution in [2.75, 3.05) is 7.05 Å². The maximum atomic E-state index is 12.5. The van der Waals surface area contributed by atoms with Crippen molar-refractivity contribution < 1.29 is 13.5 Å². The largest absolute Gasteiger partial charge is 0.434 e. The Hall–Kier alpha value is -2.41. The van der Waals surface area contributed by atoms with Crippen molar-refractivity contribution in [2.45, 2.75) is 26.6 Å². The number of benzene rings is 1. The fraction of sp³-hybridized carbons (Fsp3) is 0.294. The van der Waals surface area contributed by atoms with Gasteiger partial charge >= 0.3 is 6.61 Å². The predicted molar refractivity (Wildman–Crippen MR) is 94.1 cm³/mol. The van der Waals surface area contributed by atoms with Crippen molar-refractivity contribution in [1.82, 2.24) is 15.6 Å². The molecule has 1 aromatic heterocycles. The van der Waals surface area contributed by atoms with E-state index in [2.05, 4.69) is 25.3 Å². The summed E-state index contributed by atoms with van der Waals surface area (Å²) in [7, 11) is 1.62. The molecule has 134 valence electrons. The molecule has 1 aromatic carbocycles. The number of guanidine groups is 1. The summed E-state index contributed by atoms with van der Waals surface area (Å²) in [5, 5.41) is 6.59. The monoisotopic (exact) mass is 368 g/mol. The minimum Gasteiger partial charge on any atom is -0.434 e. The summed E-state index contributed by atoms with van der Waals surface area (Å²) in [6.45, 7) is -0.272. The van der Waals surface area contributed by atoms with E-state index in [1.54, 1.807) is 13.1 Å². The van der Waals surface area contributed by atoms with Gasteiger partial charge in [-0.2, -0.15) is 8.78 Å². The molecule has 0 unspecified atom stereocenters. The molecule has 0 fully saturated rings. The number of rotatable bonds is 6. The number of nitrogens with one attached hydrogen (secondary N) is 2. The van der Waals surface area contributed by atoms with Crippen LogP contribution in [0, 0.1) is 6.92 Å². The lowest BCUT2D eigenvalue weighted by Gasteiger charge is -2.15. The Morgan fingerprint density at radius 1 is 1.24 bits per heavy atom. The highest BCUT2D eigenvalue weighted by Crippen LogP contribution is 2.24. The highest BCUT2D eigenvalue weighted by molar-refractivity contribution is 6.30. The van der Waals surface area contributed by atoms with Crippen LogP contribution in [0.15, 0.2) is 41.4 Å². The number of aromatic nitrogens is 1.